The minimum absolute atomic E-state index is 0.821. The zero-order valence-electron chi connectivity index (χ0n) is 9.63. The van der Waals surface area contributed by atoms with E-state index in [0.717, 1.165) is 11.8 Å². The fourth-order valence-corrected chi connectivity index (χ4v) is 2.90. The van der Waals surface area contributed by atoms with Crippen LogP contribution >= 0.6 is 0 Å². The lowest BCUT2D eigenvalue weighted by Gasteiger charge is -2.34. The van der Waals surface area contributed by atoms with Gasteiger partial charge in [0.1, 0.15) is 0 Å². The van der Waals surface area contributed by atoms with E-state index in [0.29, 0.717) is 0 Å². The zero-order valence-corrected chi connectivity index (χ0v) is 9.63. The Hall–Kier alpha value is -0.460. The molecule has 1 fully saturated rings. The molecule has 2 rings (SSSR count). The van der Waals surface area contributed by atoms with E-state index in [1.165, 1.54) is 45.2 Å². The molecule has 2 aliphatic rings. The smallest absolute Gasteiger partial charge is 0.0175 e. The lowest BCUT2D eigenvalue weighted by molar-refractivity contribution is 0.282. The molecule has 0 saturated carbocycles. The monoisotopic (exact) mass is 193 g/mol. The van der Waals surface area contributed by atoms with E-state index in [4.69, 9.17) is 0 Å². The fourth-order valence-electron chi connectivity index (χ4n) is 2.90. The van der Waals surface area contributed by atoms with Crippen LogP contribution in [0.1, 0.15) is 46.0 Å². The molecule has 0 unspecified atom stereocenters. The van der Waals surface area contributed by atoms with Gasteiger partial charge in [0.05, 0.1) is 0 Å². The summed E-state index contributed by atoms with van der Waals surface area (Å²) in [5.41, 5.74) is 1.68. The molecule has 1 heterocycles. The van der Waals surface area contributed by atoms with Gasteiger partial charge in [0, 0.05) is 24.7 Å². The Kier molecular flexibility index (Phi) is 3.15. The summed E-state index contributed by atoms with van der Waals surface area (Å²) in [5.74, 6) is 1.67. The molecule has 80 valence electrons. The van der Waals surface area contributed by atoms with E-state index in [1.54, 1.807) is 5.70 Å². The first-order valence-corrected chi connectivity index (χ1v) is 6.24. The molecule has 1 aliphatic carbocycles. The SMILES string of the molecule is CC(C)[C@H]1CCCC=C1N1CCCC1. The molecule has 0 radical (unpaired) electrons. The maximum absolute atomic E-state index is 2.64. The van der Waals surface area contributed by atoms with E-state index in [9.17, 15) is 0 Å². The predicted octanol–water partition coefficient (Wildman–Crippen LogP) is 3.42. The summed E-state index contributed by atoms with van der Waals surface area (Å²) in [6, 6.07) is 0. The molecule has 0 aromatic heterocycles. The Balaban J connectivity index is 2.08. The number of hydrogen-bond donors (Lipinski definition) is 0. The van der Waals surface area contributed by atoms with Crippen molar-refractivity contribution < 1.29 is 0 Å². The van der Waals surface area contributed by atoms with Crippen LogP contribution in [0.15, 0.2) is 11.8 Å². The van der Waals surface area contributed by atoms with Crippen LogP contribution in [0.4, 0.5) is 0 Å². The van der Waals surface area contributed by atoms with Crippen molar-refractivity contribution in [2.45, 2.75) is 46.0 Å². The molecule has 1 atom stereocenters. The van der Waals surface area contributed by atoms with Gasteiger partial charge in [-0.2, -0.15) is 0 Å². The molecule has 0 aromatic carbocycles. The second-order valence-corrected chi connectivity index (χ2v) is 5.10. The number of allylic oxidation sites excluding steroid dienone is 2. The molecule has 0 bridgehead atoms. The molecule has 1 aliphatic heterocycles. The summed E-state index contributed by atoms with van der Waals surface area (Å²) in [5, 5.41) is 0. The van der Waals surface area contributed by atoms with Crippen molar-refractivity contribution in [2.75, 3.05) is 13.1 Å². The molecular weight excluding hydrogens is 170 g/mol. The van der Waals surface area contributed by atoms with Crippen molar-refractivity contribution >= 4 is 0 Å². The van der Waals surface area contributed by atoms with Crippen LogP contribution < -0.4 is 0 Å². The van der Waals surface area contributed by atoms with E-state index in [2.05, 4.69) is 24.8 Å². The highest BCUT2D eigenvalue weighted by atomic mass is 15.2. The molecule has 14 heavy (non-hydrogen) atoms. The maximum Gasteiger partial charge on any atom is 0.0175 e. The Morgan fingerprint density at radius 3 is 2.57 bits per heavy atom. The Bertz CT molecular complexity index is 211. The number of nitrogens with zero attached hydrogens (tertiary/aromatic N) is 1. The molecule has 1 saturated heterocycles. The largest absolute Gasteiger partial charge is 0.375 e. The van der Waals surface area contributed by atoms with Crippen LogP contribution in [0.3, 0.4) is 0 Å². The van der Waals surface area contributed by atoms with Crippen molar-refractivity contribution in [3.05, 3.63) is 11.8 Å². The maximum atomic E-state index is 2.64. The van der Waals surface area contributed by atoms with Gasteiger partial charge in [-0.25, -0.2) is 0 Å². The van der Waals surface area contributed by atoms with Crippen LogP contribution in [0.25, 0.3) is 0 Å². The molecule has 1 nitrogen and oxygen atoms in total. The van der Waals surface area contributed by atoms with Gasteiger partial charge >= 0.3 is 0 Å². The van der Waals surface area contributed by atoms with Gasteiger partial charge in [-0.1, -0.05) is 19.9 Å². The first-order valence-electron chi connectivity index (χ1n) is 6.24. The lowest BCUT2D eigenvalue weighted by Crippen LogP contribution is -2.28. The van der Waals surface area contributed by atoms with E-state index >= 15 is 0 Å². The zero-order chi connectivity index (χ0) is 9.97. The molecule has 0 N–H and O–H groups in total. The summed E-state index contributed by atoms with van der Waals surface area (Å²) in [4.78, 5) is 2.64. The summed E-state index contributed by atoms with van der Waals surface area (Å²) < 4.78 is 0. The highest BCUT2D eigenvalue weighted by Gasteiger charge is 2.26. The Morgan fingerprint density at radius 1 is 1.21 bits per heavy atom. The van der Waals surface area contributed by atoms with Gasteiger partial charge in [0.2, 0.25) is 0 Å². The van der Waals surface area contributed by atoms with Crippen LogP contribution in [0, 0.1) is 11.8 Å². The summed E-state index contributed by atoms with van der Waals surface area (Å²) in [6.07, 6.45) is 9.46. The standard InChI is InChI=1S/C13H23N/c1-11(2)12-7-3-4-8-13(12)14-9-5-6-10-14/h8,11-12H,3-7,9-10H2,1-2H3/t12-/m1/s1. The topological polar surface area (TPSA) is 3.24 Å². The normalized spacial score (nSPS) is 28.4. The fraction of sp³-hybridized carbons (Fsp3) is 0.846. The van der Waals surface area contributed by atoms with Gasteiger partial charge in [-0.15, -0.1) is 0 Å². The third-order valence-electron chi connectivity index (χ3n) is 3.73. The van der Waals surface area contributed by atoms with Gasteiger partial charge in [-0.05, 0) is 38.0 Å². The number of hydrogen-bond acceptors (Lipinski definition) is 1. The van der Waals surface area contributed by atoms with Crippen LogP contribution in [-0.4, -0.2) is 18.0 Å². The lowest BCUT2D eigenvalue weighted by atomic mass is 9.83. The van der Waals surface area contributed by atoms with E-state index in [1.807, 2.05) is 0 Å². The van der Waals surface area contributed by atoms with Crippen molar-refractivity contribution in [1.29, 1.82) is 0 Å². The first kappa shape index (κ1) is 10.1. The Labute approximate surface area is 88.2 Å². The van der Waals surface area contributed by atoms with Crippen molar-refractivity contribution in [3.8, 4) is 0 Å². The summed E-state index contributed by atoms with van der Waals surface area (Å²) in [6.45, 7) is 7.38. The first-order chi connectivity index (χ1) is 6.79. The highest BCUT2D eigenvalue weighted by Crippen LogP contribution is 2.34. The Morgan fingerprint density at radius 2 is 1.93 bits per heavy atom. The average Bonchev–Trinajstić information content (AvgIpc) is 2.70. The molecule has 0 amide bonds. The van der Waals surface area contributed by atoms with Gasteiger partial charge in [0.25, 0.3) is 0 Å². The van der Waals surface area contributed by atoms with E-state index in [-0.39, 0.29) is 0 Å². The van der Waals surface area contributed by atoms with Crippen LogP contribution in [-0.2, 0) is 0 Å². The molecule has 0 spiro atoms. The molecule has 1 heteroatoms. The number of rotatable bonds is 2. The summed E-state index contributed by atoms with van der Waals surface area (Å²) >= 11 is 0. The van der Waals surface area contributed by atoms with Crippen molar-refractivity contribution in [1.82, 2.24) is 4.90 Å². The van der Waals surface area contributed by atoms with Crippen molar-refractivity contribution in [2.24, 2.45) is 11.8 Å². The second-order valence-electron chi connectivity index (χ2n) is 5.10. The predicted molar refractivity (Wildman–Crippen MR) is 61.1 cm³/mol. The third-order valence-corrected chi connectivity index (χ3v) is 3.73. The molecular formula is C13H23N. The number of likely N-dealkylation sites (tertiary alicyclic amines) is 1. The minimum atomic E-state index is 0.821. The van der Waals surface area contributed by atoms with E-state index < -0.39 is 0 Å². The third kappa shape index (κ3) is 1.97. The summed E-state index contributed by atoms with van der Waals surface area (Å²) in [7, 11) is 0. The average molecular weight is 193 g/mol. The quantitative estimate of drug-likeness (QED) is 0.649. The minimum Gasteiger partial charge on any atom is -0.375 e. The van der Waals surface area contributed by atoms with Gasteiger partial charge in [-0.3, -0.25) is 0 Å². The molecule has 0 aromatic rings. The second kappa shape index (κ2) is 4.37. The van der Waals surface area contributed by atoms with Crippen LogP contribution in [0.5, 0.6) is 0 Å². The van der Waals surface area contributed by atoms with Gasteiger partial charge < -0.3 is 4.90 Å². The van der Waals surface area contributed by atoms with Gasteiger partial charge in [0.15, 0.2) is 0 Å². The highest BCUT2D eigenvalue weighted by molar-refractivity contribution is 5.11. The van der Waals surface area contributed by atoms with Crippen LogP contribution in [0.2, 0.25) is 0 Å². The van der Waals surface area contributed by atoms with Crippen molar-refractivity contribution in [3.63, 3.8) is 0 Å².